The highest BCUT2D eigenvalue weighted by Crippen LogP contribution is 2.20. The van der Waals surface area contributed by atoms with Crippen molar-refractivity contribution >= 4 is 11.8 Å². The first-order valence-electron chi connectivity index (χ1n) is 5.00. The van der Waals surface area contributed by atoms with Crippen molar-refractivity contribution in [1.82, 2.24) is 5.32 Å². The lowest BCUT2D eigenvalue weighted by Crippen LogP contribution is -2.54. The molecule has 3 unspecified atom stereocenters. The van der Waals surface area contributed by atoms with Gasteiger partial charge in [-0.15, -0.1) is 0 Å². The molecule has 0 aromatic carbocycles. The van der Waals surface area contributed by atoms with Gasteiger partial charge in [0.2, 0.25) is 0 Å². The number of Topliss-reactive ketones (excluding diaryl/α,β-unsaturated/α-hetero) is 1. The molecule has 4 nitrogen and oxygen atoms in total. The van der Waals surface area contributed by atoms with Gasteiger partial charge in [0.25, 0.3) is 0 Å². The van der Waals surface area contributed by atoms with E-state index in [1.807, 2.05) is 0 Å². The number of hydrogen-bond acceptors (Lipinski definition) is 4. The molecule has 1 fully saturated rings. The number of ether oxygens (including phenoxy) is 1. The molecule has 1 N–H and O–H groups in total. The molecule has 1 aliphatic heterocycles. The number of rotatable bonds is 1. The lowest BCUT2D eigenvalue weighted by atomic mass is 9.95. The van der Waals surface area contributed by atoms with Crippen molar-refractivity contribution in [3.05, 3.63) is 0 Å². The minimum atomic E-state index is -1.88. The minimum absolute atomic E-state index is 0.403. The maximum atomic E-state index is 13.3. The van der Waals surface area contributed by atoms with E-state index in [4.69, 9.17) is 4.74 Å². The van der Waals surface area contributed by atoms with Crippen molar-refractivity contribution in [2.75, 3.05) is 6.54 Å². The normalized spacial score (nSPS) is 31.3. The maximum Gasteiger partial charge on any atom is 0.321 e. The summed E-state index contributed by atoms with van der Waals surface area (Å²) in [6.07, 6.45) is -3.74. The first-order valence-corrected chi connectivity index (χ1v) is 5.00. The molecule has 0 spiro atoms. The van der Waals surface area contributed by atoms with Crippen molar-refractivity contribution < 1.29 is 23.1 Å². The molecule has 0 saturated carbocycles. The van der Waals surface area contributed by atoms with Crippen LogP contribution in [0.4, 0.5) is 8.78 Å². The Balaban J connectivity index is 2.76. The van der Waals surface area contributed by atoms with Crippen LogP contribution in [0.3, 0.4) is 0 Å². The molecule has 1 saturated heterocycles. The molecule has 16 heavy (non-hydrogen) atoms. The fourth-order valence-electron chi connectivity index (χ4n) is 1.37. The molecule has 6 heteroatoms. The topological polar surface area (TPSA) is 55.4 Å². The van der Waals surface area contributed by atoms with Gasteiger partial charge in [-0.3, -0.25) is 14.9 Å². The molecule has 0 bridgehead atoms. The summed E-state index contributed by atoms with van der Waals surface area (Å²) in [6.45, 7) is 4.36. The van der Waals surface area contributed by atoms with Crippen LogP contribution >= 0.6 is 0 Å². The molecular formula is C10H15F2NO3. The van der Waals surface area contributed by atoms with Crippen LogP contribution < -0.4 is 5.32 Å². The smallest absolute Gasteiger partial charge is 0.321 e. The third kappa shape index (κ3) is 2.98. The molecule has 0 aromatic heterocycles. The van der Waals surface area contributed by atoms with Gasteiger partial charge >= 0.3 is 5.97 Å². The number of alkyl halides is 2. The number of hydrogen-bond donors (Lipinski definition) is 1. The third-order valence-electron chi connectivity index (χ3n) is 2.06. The fraction of sp³-hybridized carbons (Fsp3) is 0.800. The lowest BCUT2D eigenvalue weighted by molar-refractivity contribution is -0.168. The van der Waals surface area contributed by atoms with E-state index in [0.717, 1.165) is 0 Å². The van der Waals surface area contributed by atoms with Gasteiger partial charge in [0.15, 0.2) is 24.2 Å². The Morgan fingerprint density at radius 2 is 2.00 bits per heavy atom. The summed E-state index contributed by atoms with van der Waals surface area (Å²) in [5, 5.41) is 2.12. The molecule has 0 radical (unpaired) electrons. The van der Waals surface area contributed by atoms with E-state index in [1.165, 1.54) is 0 Å². The van der Waals surface area contributed by atoms with E-state index in [1.54, 1.807) is 20.8 Å². The molecule has 1 aliphatic rings. The summed E-state index contributed by atoms with van der Waals surface area (Å²) in [7, 11) is 0. The molecule has 3 atom stereocenters. The molecule has 0 amide bonds. The Morgan fingerprint density at radius 3 is 2.50 bits per heavy atom. The number of piperidine rings is 1. The van der Waals surface area contributed by atoms with Gasteiger partial charge < -0.3 is 4.74 Å². The summed E-state index contributed by atoms with van der Waals surface area (Å²) in [4.78, 5) is 22.8. The second-order valence-corrected chi connectivity index (χ2v) is 4.69. The van der Waals surface area contributed by atoms with Crippen LogP contribution in [0.15, 0.2) is 0 Å². The second-order valence-electron chi connectivity index (χ2n) is 4.69. The van der Waals surface area contributed by atoms with Gasteiger partial charge in [-0.2, -0.15) is 0 Å². The predicted octanol–water partition coefficient (Wildman–Crippen LogP) is 0.750. The SMILES string of the molecule is CC(C)(C)OC(=O)C1C(=O)C(F)CNC1F. The minimum Gasteiger partial charge on any atom is -0.459 e. The monoisotopic (exact) mass is 235 g/mol. The molecule has 0 aromatic rings. The number of ketones is 1. The zero-order valence-electron chi connectivity index (χ0n) is 9.42. The van der Waals surface area contributed by atoms with E-state index < -0.39 is 42.3 Å². The number of carbonyl (C=O) groups is 2. The van der Waals surface area contributed by atoms with Crippen LogP contribution in [0, 0.1) is 5.92 Å². The average molecular weight is 235 g/mol. The third-order valence-corrected chi connectivity index (χ3v) is 2.06. The average Bonchev–Trinajstić information content (AvgIpc) is 2.09. The zero-order chi connectivity index (χ0) is 12.5. The number of nitrogens with one attached hydrogen (secondary N) is 1. The number of halogens is 2. The Kier molecular flexibility index (Phi) is 3.62. The Labute approximate surface area is 92.3 Å². The van der Waals surface area contributed by atoms with E-state index in [2.05, 4.69) is 5.32 Å². The van der Waals surface area contributed by atoms with Crippen LogP contribution in [-0.2, 0) is 14.3 Å². The largest absolute Gasteiger partial charge is 0.459 e. The molecule has 0 aliphatic carbocycles. The van der Waals surface area contributed by atoms with Gasteiger partial charge in [-0.1, -0.05) is 0 Å². The summed E-state index contributed by atoms with van der Waals surface area (Å²) in [5.41, 5.74) is -0.833. The first-order chi connectivity index (χ1) is 7.22. The maximum absolute atomic E-state index is 13.3. The Bertz CT molecular complexity index is 301. The van der Waals surface area contributed by atoms with E-state index >= 15 is 0 Å². The van der Waals surface area contributed by atoms with Crippen LogP contribution in [0.1, 0.15) is 20.8 Å². The van der Waals surface area contributed by atoms with Crippen molar-refractivity contribution in [1.29, 1.82) is 0 Å². The van der Waals surface area contributed by atoms with E-state index in [-0.39, 0.29) is 0 Å². The highest BCUT2D eigenvalue weighted by Gasteiger charge is 2.45. The van der Waals surface area contributed by atoms with Crippen LogP contribution in [0.25, 0.3) is 0 Å². The number of esters is 1. The lowest BCUT2D eigenvalue weighted by Gasteiger charge is -2.29. The van der Waals surface area contributed by atoms with Crippen molar-refractivity contribution in [3.8, 4) is 0 Å². The van der Waals surface area contributed by atoms with Crippen molar-refractivity contribution in [2.45, 2.75) is 38.8 Å². The highest BCUT2D eigenvalue weighted by molar-refractivity contribution is 6.02. The van der Waals surface area contributed by atoms with E-state index in [9.17, 15) is 18.4 Å². The second kappa shape index (κ2) is 4.45. The van der Waals surface area contributed by atoms with Crippen molar-refractivity contribution in [2.24, 2.45) is 5.92 Å². The molecule has 1 heterocycles. The molecule has 92 valence electrons. The summed E-state index contributed by atoms with van der Waals surface area (Å²) >= 11 is 0. The van der Waals surface area contributed by atoms with Gasteiger partial charge in [-0.25, -0.2) is 8.78 Å². The van der Waals surface area contributed by atoms with Gasteiger partial charge in [0.05, 0.1) is 0 Å². The summed E-state index contributed by atoms with van der Waals surface area (Å²) in [5.74, 6) is -3.79. The summed E-state index contributed by atoms with van der Waals surface area (Å²) in [6, 6.07) is 0. The quantitative estimate of drug-likeness (QED) is 0.414. The number of carbonyl (C=O) groups excluding carboxylic acids is 2. The fourth-order valence-corrected chi connectivity index (χ4v) is 1.37. The Morgan fingerprint density at radius 1 is 1.44 bits per heavy atom. The van der Waals surface area contributed by atoms with Crippen LogP contribution in [0.2, 0.25) is 0 Å². The van der Waals surface area contributed by atoms with E-state index in [0.29, 0.717) is 0 Å². The van der Waals surface area contributed by atoms with Gasteiger partial charge in [0, 0.05) is 6.54 Å². The standard InChI is InChI=1S/C10H15F2NO3/c1-10(2,3)16-9(15)6-7(14)5(11)4-13-8(6)12/h5-6,8,13H,4H2,1-3H3. The van der Waals surface area contributed by atoms with Crippen LogP contribution in [-0.4, -0.2) is 36.4 Å². The van der Waals surface area contributed by atoms with Crippen molar-refractivity contribution in [3.63, 3.8) is 0 Å². The zero-order valence-corrected chi connectivity index (χ0v) is 9.42. The Hall–Kier alpha value is -1.04. The van der Waals surface area contributed by atoms with Gasteiger partial charge in [0.1, 0.15) is 5.60 Å². The predicted molar refractivity (Wildman–Crippen MR) is 52.1 cm³/mol. The summed E-state index contributed by atoms with van der Waals surface area (Å²) < 4.78 is 31.2. The highest BCUT2D eigenvalue weighted by atomic mass is 19.1. The molecule has 1 rings (SSSR count). The van der Waals surface area contributed by atoms with Gasteiger partial charge in [-0.05, 0) is 20.8 Å². The van der Waals surface area contributed by atoms with Crippen LogP contribution in [0.5, 0.6) is 0 Å². The first kappa shape index (κ1) is 13.0. The molecular weight excluding hydrogens is 220 g/mol.